The molecule has 0 radical (unpaired) electrons. The van der Waals surface area contributed by atoms with E-state index in [-0.39, 0.29) is 0 Å². The van der Waals surface area contributed by atoms with Crippen LogP contribution in [0.4, 0.5) is 0 Å². The summed E-state index contributed by atoms with van der Waals surface area (Å²) in [6, 6.07) is 51.1. The molecule has 0 bridgehead atoms. The van der Waals surface area contributed by atoms with E-state index in [9.17, 15) is 0 Å². The van der Waals surface area contributed by atoms with E-state index in [1.807, 2.05) is 103 Å². The molecule has 7 heteroatoms. The minimum atomic E-state index is 0.580. The minimum Gasteiger partial charge on any atom is -0.455 e. The Kier molecular flexibility index (Phi) is 8.62. The van der Waals surface area contributed by atoms with Crippen molar-refractivity contribution >= 4 is 55.6 Å². The van der Waals surface area contributed by atoms with Gasteiger partial charge in [0.15, 0.2) is 23.3 Å². The minimum absolute atomic E-state index is 0.580. The number of allylic oxidation sites excluding steroid dienone is 1. The van der Waals surface area contributed by atoms with Crippen LogP contribution >= 0.6 is 11.3 Å². The Morgan fingerprint density at radius 2 is 1.12 bits per heavy atom. The summed E-state index contributed by atoms with van der Waals surface area (Å²) in [4.78, 5) is 25.5. The number of fused-ring (bicyclic) bond motifs is 4. The molecule has 0 saturated carbocycles. The van der Waals surface area contributed by atoms with Gasteiger partial charge in [0.2, 0.25) is 0 Å². The summed E-state index contributed by atoms with van der Waals surface area (Å²) in [6.45, 7) is 6.01. The number of para-hydroxylation sites is 1. The molecule has 0 amide bonds. The van der Waals surface area contributed by atoms with Gasteiger partial charge in [-0.05, 0) is 30.7 Å². The Balaban J connectivity index is 1.14. The molecule has 0 aliphatic rings. The molecule has 6 nitrogen and oxygen atoms in total. The van der Waals surface area contributed by atoms with E-state index in [0.29, 0.717) is 23.3 Å². The molecule has 0 aliphatic carbocycles. The van der Waals surface area contributed by atoms with Crippen molar-refractivity contribution in [2.75, 3.05) is 0 Å². The lowest BCUT2D eigenvalue weighted by Crippen LogP contribution is -2.18. The summed E-state index contributed by atoms with van der Waals surface area (Å²) < 4.78 is 8.91. The number of aromatic nitrogens is 5. The Morgan fingerprint density at radius 1 is 0.544 bits per heavy atom. The Morgan fingerprint density at radius 3 is 1.81 bits per heavy atom. The maximum absolute atomic E-state index is 6.75. The van der Waals surface area contributed by atoms with Crippen LogP contribution in [-0.4, -0.2) is 24.9 Å². The molecule has 0 aliphatic heterocycles. The van der Waals surface area contributed by atoms with Crippen LogP contribution in [0.5, 0.6) is 0 Å². The molecule has 57 heavy (non-hydrogen) atoms. The molecule has 0 atom stereocenters. The third kappa shape index (κ3) is 6.11. The van der Waals surface area contributed by atoms with E-state index < -0.39 is 0 Å². The topological polar surface area (TPSA) is 77.6 Å². The molecule has 0 N–H and O–H groups in total. The highest BCUT2D eigenvalue weighted by atomic mass is 32.1. The number of nitrogens with zero attached hydrogens (tertiary/aromatic N) is 5. The number of furan rings is 1. The van der Waals surface area contributed by atoms with Crippen LogP contribution in [0.3, 0.4) is 0 Å². The van der Waals surface area contributed by atoms with Gasteiger partial charge in [-0.15, -0.1) is 11.3 Å². The summed E-state index contributed by atoms with van der Waals surface area (Å²) in [7, 11) is 0. The quantitative estimate of drug-likeness (QED) is 0.161. The molecule has 10 aromatic rings. The van der Waals surface area contributed by atoms with Crippen molar-refractivity contribution in [3.8, 4) is 67.9 Å². The molecule has 0 saturated heterocycles. The Labute approximate surface area is 332 Å². The third-order valence-corrected chi connectivity index (χ3v) is 11.3. The van der Waals surface area contributed by atoms with Crippen LogP contribution in [0.2, 0.25) is 0 Å². The van der Waals surface area contributed by atoms with Gasteiger partial charge >= 0.3 is 0 Å². The lowest BCUT2D eigenvalue weighted by molar-refractivity contribution is 0.670. The molecule has 0 spiro atoms. The van der Waals surface area contributed by atoms with E-state index in [1.54, 1.807) is 11.3 Å². The molecule has 0 fully saturated rings. The zero-order valence-electron chi connectivity index (χ0n) is 30.9. The maximum atomic E-state index is 6.75. The number of thiophene rings is 1. The van der Waals surface area contributed by atoms with Gasteiger partial charge in [-0.1, -0.05) is 158 Å². The van der Waals surface area contributed by atoms with Crippen LogP contribution in [0, 0.1) is 0 Å². The van der Waals surface area contributed by atoms with Gasteiger partial charge in [0, 0.05) is 53.9 Å². The lowest BCUT2D eigenvalue weighted by Gasteiger charge is -2.09. The smallest absolute Gasteiger partial charge is 0.164 e. The van der Waals surface area contributed by atoms with Crippen molar-refractivity contribution in [2.45, 2.75) is 6.92 Å². The Bertz CT molecular complexity index is 3210. The molecule has 270 valence electrons. The lowest BCUT2D eigenvalue weighted by atomic mass is 9.99. The van der Waals surface area contributed by atoms with Crippen molar-refractivity contribution < 1.29 is 4.42 Å². The zero-order chi connectivity index (χ0) is 38.3. The van der Waals surface area contributed by atoms with Crippen LogP contribution in [0.25, 0.3) is 112 Å². The van der Waals surface area contributed by atoms with Gasteiger partial charge in [-0.2, -0.15) is 0 Å². The average Bonchev–Trinajstić information content (AvgIpc) is 3.85. The van der Waals surface area contributed by atoms with Gasteiger partial charge in [0.1, 0.15) is 11.2 Å². The summed E-state index contributed by atoms with van der Waals surface area (Å²) in [5, 5.41) is 3.01. The SMILES string of the molecule is C=C/C=c1/sc2c(-c3ccccc3)nc(-c3cccc(-c4cccc5c4oc4cccc(-c6nc(-c7ccccc7)nc(-c7ccccc7)n6)c45)c3)nc2/c1=C/C. The highest BCUT2D eigenvalue weighted by Crippen LogP contribution is 2.41. The van der Waals surface area contributed by atoms with Crippen molar-refractivity contribution in [1.29, 1.82) is 0 Å². The van der Waals surface area contributed by atoms with Gasteiger partial charge in [-0.25, -0.2) is 24.9 Å². The molecule has 4 heterocycles. The van der Waals surface area contributed by atoms with Crippen LogP contribution in [0.15, 0.2) is 169 Å². The summed E-state index contributed by atoms with van der Waals surface area (Å²) >= 11 is 1.69. The molecule has 10 rings (SSSR count). The normalized spacial score (nSPS) is 12.2. The molecular formula is C50H33N5OS. The van der Waals surface area contributed by atoms with Crippen molar-refractivity contribution in [2.24, 2.45) is 0 Å². The van der Waals surface area contributed by atoms with Crippen LogP contribution in [-0.2, 0) is 0 Å². The van der Waals surface area contributed by atoms with E-state index in [0.717, 1.165) is 86.5 Å². The molecule has 0 unspecified atom stereocenters. The fourth-order valence-electron chi connectivity index (χ4n) is 7.46. The highest BCUT2D eigenvalue weighted by molar-refractivity contribution is 7.17. The zero-order valence-corrected chi connectivity index (χ0v) is 31.7. The monoisotopic (exact) mass is 751 g/mol. The fourth-order valence-corrected chi connectivity index (χ4v) is 8.68. The second kappa shape index (κ2) is 14.4. The van der Waals surface area contributed by atoms with Crippen molar-refractivity contribution in [3.05, 3.63) is 174 Å². The van der Waals surface area contributed by atoms with Crippen molar-refractivity contribution in [1.82, 2.24) is 24.9 Å². The van der Waals surface area contributed by atoms with Gasteiger partial charge < -0.3 is 4.42 Å². The average molecular weight is 752 g/mol. The number of hydrogen-bond donors (Lipinski definition) is 0. The van der Waals surface area contributed by atoms with E-state index in [2.05, 4.69) is 80.2 Å². The molecule has 4 aromatic heterocycles. The fraction of sp³-hybridized carbons (Fsp3) is 0.0200. The number of benzene rings is 6. The van der Waals surface area contributed by atoms with Gasteiger partial charge in [0.25, 0.3) is 0 Å². The van der Waals surface area contributed by atoms with Crippen LogP contribution in [0.1, 0.15) is 6.92 Å². The van der Waals surface area contributed by atoms with Crippen molar-refractivity contribution in [3.63, 3.8) is 0 Å². The van der Waals surface area contributed by atoms with Gasteiger partial charge in [-0.3, -0.25) is 0 Å². The first-order valence-electron chi connectivity index (χ1n) is 18.7. The van der Waals surface area contributed by atoms with E-state index in [4.69, 9.17) is 29.3 Å². The number of hydrogen-bond acceptors (Lipinski definition) is 7. The molecule has 6 aromatic carbocycles. The summed E-state index contributed by atoms with van der Waals surface area (Å²) in [5.74, 6) is 2.46. The third-order valence-electron chi connectivity index (χ3n) is 10.1. The summed E-state index contributed by atoms with van der Waals surface area (Å²) in [5.41, 5.74) is 10.0. The van der Waals surface area contributed by atoms with Gasteiger partial charge in [0.05, 0.1) is 15.9 Å². The second-order valence-electron chi connectivity index (χ2n) is 13.6. The number of rotatable bonds is 7. The van der Waals surface area contributed by atoms with E-state index >= 15 is 0 Å². The largest absolute Gasteiger partial charge is 0.455 e. The predicted molar refractivity (Wildman–Crippen MR) is 235 cm³/mol. The first-order valence-corrected chi connectivity index (χ1v) is 19.6. The summed E-state index contributed by atoms with van der Waals surface area (Å²) in [6.07, 6.45) is 5.99. The standard InChI is InChI=1S/C50H33N5OS/c1-3-17-41-36(4-2)44-46(57-41)43(31-18-8-5-9-19-31)51-49(52-44)35-25-14-24-34(30-35)37-26-15-27-38-42-39(28-16-29-40(42)56-45(37)38)50-54-47(32-20-10-6-11-21-32)53-48(55-50)33-22-12-7-13-23-33/h3-30H,1H2,2H3/b36-4+,41-17+. The Hall–Kier alpha value is -7.35. The van der Waals surface area contributed by atoms with Crippen LogP contribution < -0.4 is 9.75 Å². The maximum Gasteiger partial charge on any atom is 0.164 e. The highest BCUT2D eigenvalue weighted by Gasteiger charge is 2.21. The van der Waals surface area contributed by atoms with E-state index in [1.165, 1.54) is 0 Å². The molecular weight excluding hydrogens is 719 g/mol. The first kappa shape index (κ1) is 34.2. The first-order chi connectivity index (χ1) is 28.2. The second-order valence-corrected chi connectivity index (χ2v) is 14.6. The predicted octanol–water partition coefficient (Wildman–Crippen LogP) is 11.5.